The summed E-state index contributed by atoms with van der Waals surface area (Å²) in [4.78, 5) is 0. The third-order valence-electron chi connectivity index (χ3n) is 3.63. The Labute approximate surface area is 134 Å². The van der Waals surface area contributed by atoms with E-state index in [0.717, 1.165) is 42.2 Å². The van der Waals surface area contributed by atoms with E-state index in [1.807, 2.05) is 25.1 Å². The molecule has 0 amide bonds. The Hall–Kier alpha value is -1.86. The summed E-state index contributed by atoms with van der Waals surface area (Å²) in [6.45, 7) is 3.73. The molecular formula is C15H19N3O3S. The van der Waals surface area contributed by atoms with Gasteiger partial charge in [-0.3, -0.25) is 5.43 Å². The summed E-state index contributed by atoms with van der Waals surface area (Å²) in [5.74, 6) is 1.50. The quantitative estimate of drug-likeness (QED) is 0.501. The molecule has 2 N–H and O–H groups in total. The second-order valence-corrected chi connectivity index (χ2v) is 5.63. The van der Waals surface area contributed by atoms with Gasteiger partial charge in [-0.05, 0) is 50.2 Å². The zero-order valence-electron chi connectivity index (χ0n) is 12.4. The Morgan fingerprint density at radius 3 is 3.05 bits per heavy atom. The van der Waals surface area contributed by atoms with Crippen LogP contribution >= 0.6 is 12.2 Å². The number of ether oxygens (including phenoxy) is 3. The van der Waals surface area contributed by atoms with Crippen LogP contribution in [-0.4, -0.2) is 36.9 Å². The number of hydrazone groups is 1. The molecular weight excluding hydrogens is 302 g/mol. The molecule has 2 aliphatic rings. The molecule has 3 rings (SSSR count). The minimum absolute atomic E-state index is 0.249. The zero-order valence-corrected chi connectivity index (χ0v) is 13.2. The summed E-state index contributed by atoms with van der Waals surface area (Å²) in [7, 11) is 0. The summed E-state index contributed by atoms with van der Waals surface area (Å²) in [5.41, 5.74) is 4.63. The first-order chi connectivity index (χ1) is 10.7. The van der Waals surface area contributed by atoms with E-state index in [-0.39, 0.29) is 12.9 Å². The number of nitrogens with one attached hydrogen (secondary N) is 2. The third-order valence-corrected chi connectivity index (χ3v) is 3.87. The van der Waals surface area contributed by atoms with E-state index < -0.39 is 0 Å². The third kappa shape index (κ3) is 3.66. The van der Waals surface area contributed by atoms with Crippen LogP contribution in [0.2, 0.25) is 0 Å². The monoisotopic (exact) mass is 321 g/mol. The highest BCUT2D eigenvalue weighted by Crippen LogP contribution is 2.32. The highest BCUT2D eigenvalue weighted by molar-refractivity contribution is 7.80. The van der Waals surface area contributed by atoms with Gasteiger partial charge in [0.15, 0.2) is 16.6 Å². The molecule has 0 unspecified atom stereocenters. The van der Waals surface area contributed by atoms with Gasteiger partial charge in [0.1, 0.15) is 0 Å². The lowest BCUT2D eigenvalue weighted by Crippen LogP contribution is -2.37. The Bertz CT molecular complexity index is 585. The Morgan fingerprint density at radius 2 is 2.23 bits per heavy atom. The number of nitrogens with zero attached hydrogens (tertiary/aromatic N) is 1. The standard InChI is InChI=1S/C15H19N3O3S/c1-10(11-4-5-13-14(7-11)21-9-20-13)17-18-15(22)16-8-12-3-2-6-19-12/h4-5,7,12H,2-3,6,8-9H2,1H3,(H2,16,18,22)/b17-10+/t12-/m0/s1. The van der Waals surface area contributed by atoms with Crippen LogP contribution in [0.1, 0.15) is 25.3 Å². The zero-order chi connectivity index (χ0) is 15.4. The molecule has 1 aromatic carbocycles. The number of thiocarbonyl (C=S) groups is 1. The van der Waals surface area contributed by atoms with Crippen molar-refractivity contribution in [3.8, 4) is 11.5 Å². The molecule has 1 atom stereocenters. The van der Waals surface area contributed by atoms with Gasteiger partial charge in [0.25, 0.3) is 0 Å². The minimum Gasteiger partial charge on any atom is -0.454 e. The van der Waals surface area contributed by atoms with Crippen molar-refractivity contribution in [3.63, 3.8) is 0 Å². The van der Waals surface area contributed by atoms with Gasteiger partial charge < -0.3 is 19.5 Å². The average Bonchev–Trinajstić information content (AvgIpc) is 3.20. The van der Waals surface area contributed by atoms with E-state index in [1.165, 1.54) is 0 Å². The van der Waals surface area contributed by atoms with Crippen molar-refractivity contribution in [2.45, 2.75) is 25.9 Å². The molecule has 1 fully saturated rings. The molecule has 118 valence electrons. The number of fused-ring (bicyclic) bond motifs is 1. The fourth-order valence-electron chi connectivity index (χ4n) is 2.37. The molecule has 6 nitrogen and oxygen atoms in total. The summed E-state index contributed by atoms with van der Waals surface area (Å²) in [5, 5.41) is 7.90. The lowest BCUT2D eigenvalue weighted by atomic mass is 10.1. The van der Waals surface area contributed by atoms with Crippen molar-refractivity contribution >= 4 is 23.0 Å². The van der Waals surface area contributed by atoms with Gasteiger partial charge in [-0.15, -0.1) is 0 Å². The SMILES string of the molecule is C/C(=N\NC(=S)NC[C@@H]1CCCO1)c1ccc2c(c1)OCO2. The van der Waals surface area contributed by atoms with Gasteiger partial charge in [0.05, 0.1) is 11.8 Å². The van der Waals surface area contributed by atoms with Crippen LogP contribution in [-0.2, 0) is 4.74 Å². The molecule has 1 saturated heterocycles. The average molecular weight is 321 g/mol. The Morgan fingerprint density at radius 1 is 1.36 bits per heavy atom. The van der Waals surface area contributed by atoms with E-state index in [2.05, 4.69) is 15.8 Å². The fraction of sp³-hybridized carbons (Fsp3) is 0.467. The normalized spacial score (nSPS) is 20.0. The van der Waals surface area contributed by atoms with E-state index in [1.54, 1.807) is 0 Å². The van der Waals surface area contributed by atoms with Gasteiger partial charge in [0, 0.05) is 18.7 Å². The first-order valence-electron chi connectivity index (χ1n) is 7.32. The highest BCUT2D eigenvalue weighted by atomic mass is 32.1. The fourth-order valence-corrected chi connectivity index (χ4v) is 2.50. The van der Waals surface area contributed by atoms with Crippen molar-refractivity contribution in [2.75, 3.05) is 19.9 Å². The molecule has 22 heavy (non-hydrogen) atoms. The van der Waals surface area contributed by atoms with Crippen LogP contribution in [0.25, 0.3) is 0 Å². The van der Waals surface area contributed by atoms with E-state index >= 15 is 0 Å². The van der Waals surface area contributed by atoms with Crippen molar-refractivity contribution < 1.29 is 14.2 Å². The maximum atomic E-state index is 5.53. The van der Waals surface area contributed by atoms with Gasteiger partial charge in [-0.25, -0.2) is 0 Å². The van der Waals surface area contributed by atoms with Crippen LogP contribution in [0.15, 0.2) is 23.3 Å². The molecule has 0 aromatic heterocycles. The molecule has 0 saturated carbocycles. The number of hydrogen-bond acceptors (Lipinski definition) is 5. The van der Waals surface area contributed by atoms with Crippen molar-refractivity contribution in [2.24, 2.45) is 5.10 Å². The molecule has 0 aliphatic carbocycles. The molecule has 7 heteroatoms. The molecule has 1 aromatic rings. The highest BCUT2D eigenvalue weighted by Gasteiger charge is 2.15. The summed E-state index contributed by atoms with van der Waals surface area (Å²) in [6, 6.07) is 5.73. The second-order valence-electron chi connectivity index (χ2n) is 5.22. The van der Waals surface area contributed by atoms with Gasteiger partial charge >= 0.3 is 0 Å². The van der Waals surface area contributed by atoms with Crippen molar-refractivity contribution in [3.05, 3.63) is 23.8 Å². The molecule has 0 spiro atoms. The van der Waals surface area contributed by atoms with E-state index in [4.69, 9.17) is 26.4 Å². The van der Waals surface area contributed by atoms with E-state index in [0.29, 0.717) is 11.7 Å². The lowest BCUT2D eigenvalue weighted by Gasteiger charge is -2.12. The van der Waals surface area contributed by atoms with Crippen LogP contribution < -0.4 is 20.2 Å². The number of hydrogen-bond donors (Lipinski definition) is 2. The largest absolute Gasteiger partial charge is 0.454 e. The summed E-state index contributed by atoms with van der Waals surface area (Å²) >= 11 is 5.21. The number of rotatable bonds is 4. The Kier molecular flexibility index (Phi) is 4.74. The Balaban J connectivity index is 1.51. The van der Waals surface area contributed by atoms with Crippen LogP contribution in [0.3, 0.4) is 0 Å². The summed E-state index contributed by atoms with van der Waals surface area (Å²) in [6.07, 6.45) is 2.45. The van der Waals surface area contributed by atoms with Gasteiger partial charge in [-0.1, -0.05) is 0 Å². The van der Waals surface area contributed by atoms with Crippen LogP contribution in [0.5, 0.6) is 11.5 Å². The molecule has 0 radical (unpaired) electrons. The van der Waals surface area contributed by atoms with Crippen LogP contribution in [0, 0.1) is 0 Å². The maximum absolute atomic E-state index is 5.53. The molecule has 2 heterocycles. The lowest BCUT2D eigenvalue weighted by molar-refractivity contribution is 0.114. The second kappa shape index (κ2) is 6.93. The molecule has 0 bridgehead atoms. The predicted octanol–water partition coefficient (Wildman–Crippen LogP) is 1.78. The molecule has 2 aliphatic heterocycles. The number of benzene rings is 1. The first-order valence-corrected chi connectivity index (χ1v) is 7.73. The smallest absolute Gasteiger partial charge is 0.231 e. The first kappa shape index (κ1) is 15.1. The van der Waals surface area contributed by atoms with Gasteiger partial charge in [0.2, 0.25) is 6.79 Å². The van der Waals surface area contributed by atoms with Crippen LogP contribution in [0.4, 0.5) is 0 Å². The summed E-state index contributed by atoms with van der Waals surface area (Å²) < 4.78 is 16.2. The van der Waals surface area contributed by atoms with E-state index in [9.17, 15) is 0 Å². The topological polar surface area (TPSA) is 64.1 Å². The predicted molar refractivity (Wildman–Crippen MR) is 87.5 cm³/mol. The van der Waals surface area contributed by atoms with Gasteiger partial charge in [-0.2, -0.15) is 5.10 Å². The minimum atomic E-state index is 0.249. The maximum Gasteiger partial charge on any atom is 0.231 e. The van der Waals surface area contributed by atoms with Crippen molar-refractivity contribution in [1.82, 2.24) is 10.7 Å². The van der Waals surface area contributed by atoms with Crippen molar-refractivity contribution in [1.29, 1.82) is 0 Å².